The normalized spacial score (nSPS) is 15.8. The molecule has 6 heteroatoms. The van der Waals surface area contributed by atoms with E-state index in [1.54, 1.807) is 6.07 Å². The van der Waals surface area contributed by atoms with E-state index in [-0.39, 0.29) is 18.0 Å². The van der Waals surface area contributed by atoms with E-state index >= 15 is 0 Å². The molecule has 0 bridgehead atoms. The largest absolute Gasteiger partial charge is 0.416 e. The number of halogens is 3. The van der Waals surface area contributed by atoms with Crippen molar-refractivity contribution in [3.05, 3.63) is 35.4 Å². The summed E-state index contributed by atoms with van der Waals surface area (Å²) in [7, 11) is 0. The highest BCUT2D eigenvalue weighted by atomic mass is 19.4. The van der Waals surface area contributed by atoms with Crippen LogP contribution < -0.4 is 5.32 Å². The molecule has 1 N–H and O–H groups in total. The second kappa shape index (κ2) is 6.93. The SMILES string of the molecule is O=C1CCCN1CCCNCc1ccccc1C(F)(F)F. The van der Waals surface area contributed by atoms with Crippen LogP contribution in [-0.2, 0) is 17.5 Å². The monoisotopic (exact) mass is 300 g/mol. The second-order valence-corrected chi connectivity index (χ2v) is 5.17. The summed E-state index contributed by atoms with van der Waals surface area (Å²) < 4.78 is 38.4. The molecule has 0 aliphatic carbocycles. The summed E-state index contributed by atoms with van der Waals surface area (Å²) in [4.78, 5) is 13.2. The molecule has 0 atom stereocenters. The Morgan fingerprint density at radius 2 is 2.00 bits per heavy atom. The van der Waals surface area contributed by atoms with Gasteiger partial charge in [0.05, 0.1) is 5.56 Å². The van der Waals surface area contributed by atoms with Crippen LogP contribution in [-0.4, -0.2) is 30.4 Å². The van der Waals surface area contributed by atoms with Crippen molar-refractivity contribution in [1.29, 1.82) is 0 Å². The number of benzene rings is 1. The number of carbonyl (C=O) groups excluding carboxylic acids is 1. The summed E-state index contributed by atoms with van der Waals surface area (Å²) in [6, 6.07) is 5.58. The molecule has 1 aliphatic rings. The van der Waals surface area contributed by atoms with Crippen molar-refractivity contribution in [2.24, 2.45) is 0 Å². The van der Waals surface area contributed by atoms with Crippen LogP contribution in [0.15, 0.2) is 24.3 Å². The van der Waals surface area contributed by atoms with Gasteiger partial charge in [0, 0.05) is 26.1 Å². The zero-order valence-electron chi connectivity index (χ0n) is 11.7. The van der Waals surface area contributed by atoms with Gasteiger partial charge in [0.2, 0.25) is 5.91 Å². The van der Waals surface area contributed by atoms with Gasteiger partial charge in [-0.25, -0.2) is 0 Å². The Hall–Kier alpha value is -1.56. The fourth-order valence-corrected chi connectivity index (χ4v) is 2.51. The molecule has 1 heterocycles. The first-order valence-corrected chi connectivity index (χ1v) is 7.12. The van der Waals surface area contributed by atoms with Crippen LogP contribution in [0.3, 0.4) is 0 Å². The minimum absolute atomic E-state index is 0.178. The number of nitrogens with one attached hydrogen (secondary N) is 1. The van der Waals surface area contributed by atoms with Gasteiger partial charge in [0.25, 0.3) is 0 Å². The van der Waals surface area contributed by atoms with Gasteiger partial charge in [-0.1, -0.05) is 18.2 Å². The molecule has 0 saturated carbocycles. The number of hydrogen-bond acceptors (Lipinski definition) is 2. The van der Waals surface area contributed by atoms with Crippen molar-refractivity contribution in [3.63, 3.8) is 0 Å². The lowest BCUT2D eigenvalue weighted by Crippen LogP contribution is -2.28. The van der Waals surface area contributed by atoms with Crippen LogP contribution in [0.1, 0.15) is 30.4 Å². The number of alkyl halides is 3. The third-order valence-corrected chi connectivity index (χ3v) is 3.59. The molecule has 0 aromatic heterocycles. The van der Waals surface area contributed by atoms with Crippen molar-refractivity contribution in [1.82, 2.24) is 10.2 Å². The highest BCUT2D eigenvalue weighted by Gasteiger charge is 2.32. The van der Waals surface area contributed by atoms with E-state index in [2.05, 4.69) is 5.32 Å². The molecule has 0 radical (unpaired) electrons. The topological polar surface area (TPSA) is 32.3 Å². The second-order valence-electron chi connectivity index (χ2n) is 5.17. The molecule has 21 heavy (non-hydrogen) atoms. The average Bonchev–Trinajstić information content (AvgIpc) is 2.83. The van der Waals surface area contributed by atoms with Gasteiger partial charge in [-0.05, 0) is 31.0 Å². The van der Waals surface area contributed by atoms with Crippen LogP contribution in [0, 0.1) is 0 Å². The van der Waals surface area contributed by atoms with Crippen LogP contribution in [0.5, 0.6) is 0 Å². The van der Waals surface area contributed by atoms with E-state index < -0.39 is 11.7 Å². The molecule has 1 aromatic carbocycles. The fourth-order valence-electron chi connectivity index (χ4n) is 2.51. The Morgan fingerprint density at radius 1 is 1.24 bits per heavy atom. The van der Waals surface area contributed by atoms with Gasteiger partial charge >= 0.3 is 6.18 Å². The summed E-state index contributed by atoms with van der Waals surface area (Å²) in [6.07, 6.45) is -2.04. The van der Waals surface area contributed by atoms with Crippen molar-refractivity contribution in [2.75, 3.05) is 19.6 Å². The maximum atomic E-state index is 12.8. The molecule has 0 spiro atoms. The number of amides is 1. The van der Waals surface area contributed by atoms with E-state index in [4.69, 9.17) is 0 Å². The smallest absolute Gasteiger partial charge is 0.343 e. The standard InChI is InChI=1S/C15H19F3N2O/c16-15(17,18)13-6-2-1-5-12(13)11-19-8-4-10-20-9-3-7-14(20)21/h1-2,5-6,19H,3-4,7-11H2. The molecule has 3 nitrogen and oxygen atoms in total. The predicted octanol–water partition coefficient (Wildman–Crippen LogP) is 2.81. The Morgan fingerprint density at radius 3 is 2.67 bits per heavy atom. The maximum Gasteiger partial charge on any atom is 0.416 e. The summed E-state index contributed by atoms with van der Waals surface area (Å²) in [5.41, 5.74) is -0.338. The number of rotatable bonds is 6. The highest BCUT2D eigenvalue weighted by Crippen LogP contribution is 2.31. The highest BCUT2D eigenvalue weighted by molar-refractivity contribution is 5.77. The molecule has 1 saturated heterocycles. The average molecular weight is 300 g/mol. The summed E-state index contributed by atoms with van der Waals surface area (Å²) in [6.45, 7) is 2.25. The maximum absolute atomic E-state index is 12.8. The minimum atomic E-state index is -4.32. The first-order chi connectivity index (χ1) is 9.98. The summed E-state index contributed by atoms with van der Waals surface area (Å²) in [5, 5.41) is 3.01. The lowest BCUT2D eigenvalue weighted by molar-refractivity contribution is -0.138. The van der Waals surface area contributed by atoms with E-state index in [9.17, 15) is 18.0 Å². The van der Waals surface area contributed by atoms with Crippen molar-refractivity contribution in [2.45, 2.75) is 32.0 Å². The molecular formula is C15H19F3N2O. The molecular weight excluding hydrogens is 281 g/mol. The van der Waals surface area contributed by atoms with Crippen LogP contribution >= 0.6 is 0 Å². The van der Waals surface area contributed by atoms with Gasteiger partial charge in [-0.2, -0.15) is 13.2 Å². The van der Waals surface area contributed by atoms with Gasteiger partial charge in [-0.15, -0.1) is 0 Å². The van der Waals surface area contributed by atoms with Gasteiger partial charge in [0.15, 0.2) is 0 Å². The molecule has 2 rings (SSSR count). The predicted molar refractivity (Wildman–Crippen MR) is 73.6 cm³/mol. The van der Waals surface area contributed by atoms with Crippen LogP contribution in [0.2, 0.25) is 0 Å². The van der Waals surface area contributed by atoms with E-state index in [1.165, 1.54) is 12.1 Å². The molecule has 1 fully saturated rings. The van der Waals surface area contributed by atoms with Crippen LogP contribution in [0.25, 0.3) is 0 Å². The first-order valence-electron chi connectivity index (χ1n) is 7.12. The zero-order valence-corrected chi connectivity index (χ0v) is 11.7. The molecule has 1 aliphatic heterocycles. The minimum Gasteiger partial charge on any atom is -0.343 e. The first kappa shape index (κ1) is 15.8. The molecule has 1 amide bonds. The van der Waals surface area contributed by atoms with Gasteiger partial charge in [-0.3, -0.25) is 4.79 Å². The molecule has 1 aromatic rings. The Balaban J connectivity index is 1.75. The third kappa shape index (κ3) is 4.46. The van der Waals surface area contributed by atoms with Crippen molar-refractivity contribution in [3.8, 4) is 0 Å². The Labute approximate surface area is 122 Å². The quantitative estimate of drug-likeness (QED) is 0.819. The Kier molecular flexibility index (Phi) is 5.22. The number of nitrogens with zero attached hydrogens (tertiary/aromatic N) is 1. The van der Waals surface area contributed by atoms with Crippen molar-refractivity contribution >= 4 is 5.91 Å². The number of likely N-dealkylation sites (tertiary alicyclic amines) is 1. The zero-order chi connectivity index (χ0) is 15.3. The molecule has 116 valence electrons. The van der Waals surface area contributed by atoms with Gasteiger partial charge < -0.3 is 10.2 Å². The number of carbonyl (C=O) groups is 1. The van der Waals surface area contributed by atoms with Crippen molar-refractivity contribution < 1.29 is 18.0 Å². The summed E-state index contributed by atoms with van der Waals surface area (Å²) in [5.74, 6) is 0.178. The van der Waals surface area contributed by atoms with Crippen LogP contribution in [0.4, 0.5) is 13.2 Å². The van der Waals surface area contributed by atoms with Gasteiger partial charge in [0.1, 0.15) is 0 Å². The summed E-state index contributed by atoms with van der Waals surface area (Å²) >= 11 is 0. The molecule has 0 unspecified atom stereocenters. The third-order valence-electron chi connectivity index (χ3n) is 3.59. The van der Waals surface area contributed by atoms with E-state index in [0.717, 1.165) is 25.5 Å². The fraction of sp³-hybridized carbons (Fsp3) is 0.533. The van der Waals surface area contributed by atoms with E-state index in [1.807, 2.05) is 4.90 Å². The number of hydrogen-bond donors (Lipinski definition) is 1. The lowest BCUT2D eigenvalue weighted by atomic mass is 10.1. The van der Waals surface area contributed by atoms with E-state index in [0.29, 0.717) is 19.5 Å². The Bertz CT molecular complexity index is 488. The lowest BCUT2D eigenvalue weighted by Gasteiger charge is -2.16.